The number of ether oxygens (including phenoxy) is 1. The SMILES string of the molecule is C=CC1[N-]CCc2c(n(C)c3ccccc23)/C=C\1C(=O)OC.[Na+]. The summed E-state index contributed by atoms with van der Waals surface area (Å²) < 4.78 is 7.05. The Labute approximate surface area is 158 Å². The molecule has 4 nitrogen and oxygen atoms in total. The predicted molar refractivity (Wildman–Crippen MR) is 88.8 cm³/mol. The van der Waals surface area contributed by atoms with Crippen LogP contribution >= 0.6 is 0 Å². The van der Waals surface area contributed by atoms with Crippen molar-refractivity contribution < 1.29 is 39.1 Å². The van der Waals surface area contributed by atoms with Gasteiger partial charge in [-0.3, -0.25) is 0 Å². The number of nitrogens with zero attached hydrogens (tertiary/aromatic N) is 2. The number of benzene rings is 1. The largest absolute Gasteiger partial charge is 1.00 e. The Balaban J connectivity index is 0.00000192. The van der Waals surface area contributed by atoms with Crippen molar-refractivity contribution in [3.05, 3.63) is 59.1 Å². The van der Waals surface area contributed by atoms with Crippen molar-refractivity contribution in [3.63, 3.8) is 0 Å². The van der Waals surface area contributed by atoms with Crippen molar-refractivity contribution in [2.45, 2.75) is 12.5 Å². The number of hydrogen-bond acceptors (Lipinski definition) is 2. The van der Waals surface area contributed by atoms with Gasteiger partial charge in [-0.2, -0.15) is 0 Å². The summed E-state index contributed by atoms with van der Waals surface area (Å²) in [5.74, 6) is -0.355. The molecule has 0 aliphatic carbocycles. The number of esters is 1. The molecule has 0 saturated carbocycles. The number of carbonyl (C=O) groups excluding carboxylic acids is 1. The molecule has 1 aliphatic heterocycles. The predicted octanol–water partition coefficient (Wildman–Crippen LogP) is 0.223. The number of para-hydroxylation sites is 1. The van der Waals surface area contributed by atoms with E-state index in [1.54, 1.807) is 6.08 Å². The molecule has 1 aromatic carbocycles. The number of methoxy groups -OCH3 is 1. The third-order valence-electron chi connectivity index (χ3n) is 4.20. The van der Waals surface area contributed by atoms with Crippen molar-refractivity contribution in [1.82, 2.24) is 4.57 Å². The summed E-state index contributed by atoms with van der Waals surface area (Å²) >= 11 is 0. The zero-order chi connectivity index (χ0) is 15.7. The molecule has 0 amide bonds. The quantitative estimate of drug-likeness (QED) is 0.452. The van der Waals surface area contributed by atoms with Crippen LogP contribution in [-0.2, 0) is 23.0 Å². The van der Waals surface area contributed by atoms with Gasteiger partial charge in [0.1, 0.15) is 0 Å². The van der Waals surface area contributed by atoms with E-state index in [1.807, 2.05) is 25.3 Å². The Morgan fingerprint density at radius 3 is 2.87 bits per heavy atom. The van der Waals surface area contributed by atoms with E-state index in [0.29, 0.717) is 12.1 Å². The van der Waals surface area contributed by atoms with Gasteiger partial charge in [0.2, 0.25) is 0 Å². The minimum Gasteiger partial charge on any atom is -0.652 e. The molecule has 1 aromatic heterocycles. The van der Waals surface area contributed by atoms with Gasteiger partial charge >= 0.3 is 35.5 Å². The number of carbonyl (C=O) groups is 1. The monoisotopic (exact) mass is 318 g/mol. The fourth-order valence-electron chi connectivity index (χ4n) is 3.08. The molecule has 5 heteroatoms. The van der Waals surface area contributed by atoms with Crippen LogP contribution in [0.4, 0.5) is 0 Å². The van der Waals surface area contributed by atoms with Crippen LogP contribution in [0.2, 0.25) is 0 Å². The summed E-state index contributed by atoms with van der Waals surface area (Å²) in [7, 11) is 3.42. The second-order valence-electron chi connectivity index (χ2n) is 5.37. The maximum Gasteiger partial charge on any atom is 1.00 e. The van der Waals surface area contributed by atoms with Crippen LogP contribution in [0.15, 0.2) is 42.5 Å². The molecule has 0 N–H and O–H groups in total. The fraction of sp³-hybridized carbons (Fsp3) is 0.278. The fourth-order valence-corrected chi connectivity index (χ4v) is 3.08. The molecule has 0 saturated heterocycles. The Bertz CT molecular complexity index is 777. The summed E-state index contributed by atoms with van der Waals surface area (Å²) in [6.07, 6.45) is 4.44. The van der Waals surface area contributed by atoms with Crippen molar-refractivity contribution >= 4 is 22.9 Å². The molecule has 2 aromatic rings. The Hall–Kier alpha value is -1.33. The topological polar surface area (TPSA) is 45.3 Å². The van der Waals surface area contributed by atoms with E-state index in [4.69, 9.17) is 4.74 Å². The van der Waals surface area contributed by atoms with E-state index < -0.39 is 0 Å². The first-order valence-corrected chi connectivity index (χ1v) is 7.32. The first-order valence-electron chi connectivity index (χ1n) is 7.32. The van der Waals surface area contributed by atoms with Crippen LogP contribution in [0.5, 0.6) is 0 Å². The summed E-state index contributed by atoms with van der Waals surface area (Å²) in [5, 5.41) is 5.79. The normalized spacial score (nSPS) is 19.6. The van der Waals surface area contributed by atoms with Crippen LogP contribution in [0.1, 0.15) is 11.3 Å². The van der Waals surface area contributed by atoms with Crippen molar-refractivity contribution in [3.8, 4) is 0 Å². The van der Waals surface area contributed by atoms with E-state index >= 15 is 0 Å². The smallest absolute Gasteiger partial charge is 0.652 e. The number of aryl methyl sites for hydroxylation is 1. The second-order valence-corrected chi connectivity index (χ2v) is 5.37. The van der Waals surface area contributed by atoms with Gasteiger partial charge in [0.25, 0.3) is 0 Å². The summed E-state index contributed by atoms with van der Waals surface area (Å²) in [5.41, 5.74) is 3.96. The zero-order valence-corrected chi connectivity index (χ0v) is 15.9. The van der Waals surface area contributed by atoms with Gasteiger partial charge in [0.15, 0.2) is 0 Å². The van der Waals surface area contributed by atoms with Gasteiger partial charge in [-0.15, -0.1) is 19.2 Å². The molecule has 1 aliphatic rings. The van der Waals surface area contributed by atoms with Crippen LogP contribution in [0.3, 0.4) is 0 Å². The van der Waals surface area contributed by atoms with E-state index in [9.17, 15) is 4.79 Å². The van der Waals surface area contributed by atoms with Gasteiger partial charge in [-0.25, -0.2) is 4.79 Å². The standard InChI is InChI=1S/C18H19N2O2.Na/c1-4-15-14(18(21)22-3)11-17-13(9-10-19-15)12-7-5-6-8-16(12)20(17)2;/h4-8,11,15H,1,9-10H2,2-3H3;/q-1;+1/b14-11+;. The van der Waals surface area contributed by atoms with E-state index in [-0.39, 0.29) is 41.6 Å². The Kier molecular flexibility index (Phi) is 5.87. The number of fused-ring (bicyclic) bond motifs is 3. The maximum atomic E-state index is 12.1. The molecule has 23 heavy (non-hydrogen) atoms. The maximum absolute atomic E-state index is 12.1. The minimum absolute atomic E-state index is 0. The Morgan fingerprint density at radius 1 is 1.43 bits per heavy atom. The molecular formula is C18H19N2NaO2. The molecular weight excluding hydrogens is 299 g/mol. The molecule has 0 spiro atoms. The van der Waals surface area contributed by atoms with Crippen LogP contribution < -0.4 is 29.6 Å². The van der Waals surface area contributed by atoms with Gasteiger partial charge in [0.05, 0.1) is 7.11 Å². The van der Waals surface area contributed by atoms with Crippen LogP contribution in [-0.4, -0.2) is 30.2 Å². The molecule has 3 rings (SSSR count). The van der Waals surface area contributed by atoms with Gasteiger partial charge < -0.3 is 14.6 Å². The second kappa shape index (κ2) is 7.49. The molecule has 0 radical (unpaired) electrons. The average molecular weight is 318 g/mol. The molecule has 114 valence electrons. The molecule has 2 heterocycles. The number of rotatable bonds is 2. The molecule has 0 fully saturated rings. The first kappa shape index (κ1) is 18.0. The molecule has 0 bridgehead atoms. The zero-order valence-electron chi connectivity index (χ0n) is 13.9. The third kappa shape index (κ3) is 3.17. The molecule has 1 atom stereocenters. The van der Waals surface area contributed by atoms with Crippen LogP contribution in [0, 0.1) is 0 Å². The van der Waals surface area contributed by atoms with E-state index in [2.05, 4.69) is 28.6 Å². The average Bonchev–Trinajstić information content (AvgIpc) is 2.78. The number of hydrogen-bond donors (Lipinski definition) is 0. The summed E-state index contributed by atoms with van der Waals surface area (Å²) in [6.45, 7) is 4.45. The van der Waals surface area contributed by atoms with Crippen molar-refractivity contribution in [2.24, 2.45) is 7.05 Å². The van der Waals surface area contributed by atoms with Crippen LogP contribution in [0.25, 0.3) is 22.3 Å². The summed E-state index contributed by atoms with van der Waals surface area (Å²) in [6, 6.07) is 7.95. The van der Waals surface area contributed by atoms with E-state index in [1.165, 1.54) is 18.1 Å². The minimum atomic E-state index is -0.355. The van der Waals surface area contributed by atoms with E-state index in [0.717, 1.165) is 17.6 Å². The third-order valence-corrected chi connectivity index (χ3v) is 4.20. The summed E-state index contributed by atoms with van der Waals surface area (Å²) in [4.78, 5) is 12.1. The van der Waals surface area contributed by atoms with Gasteiger partial charge in [-0.1, -0.05) is 24.2 Å². The Morgan fingerprint density at radius 2 is 2.17 bits per heavy atom. The van der Waals surface area contributed by atoms with Gasteiger partial charge in [-0.05, 0) is 24.1 Å². The molecule has 1 unspecified atom stereocenters. The van der Waals surface area contributed by atoms with Gasteiger partial charge in [0, 0.05) is 29.2 Å². The van der Waals surface area contributed by atoms with Crippen molar-refractivity contribution in [2.75, 3.05) is 13.7 Å². The number of aromatic nitrogens is 1. The van der Waals surface area contributed by atoms with Crippen molar-refractivity contribution in [1.29, 1.82) is 0 Å². The first-order chi connectivity index (χ1) is 10.7.